The van der Waals surface area contributed by atoms with Gasteiger partial charge in [-0.25, -0.2) is 9.59 Å². The maximum atomic E-state index is 12.6. The Bertz CT molecular complexity index is 1240. The second-order valence-electron chi connectivity index (χ2n) is 10.3. The van der Waals surface area contributed by atoms with Crippen LogP contribution >= 0.6 is 0 Å². The standard InChI is InChI=1S/C29H30O4/c1-18-15-20(11-12-21(18)27(32)33-26(31)19-9-7-6-8-10-19)22-16-23-24(17-25(22)30)29(4,5)14-13-28(23,2)3/h6-12,15-17,30H,13-14H2,1-5H3. The number of ether oxygens (including phenoxy) is 1. The zero-order valence-electron chi connectivity index (χ0n) is 19.9. The largest absolute Gasteiger partial charge is 0.507 e. The van der Waals surface area contributed by atoms with Gasteiger partial charge in [0.15, 0.2) is 0 Å². The number of hydrogen-bond acceptors (Lipinski definition) is 4. The summed E-state index contributed by atoms with van der Waals surface area (Å²) in [6.45, 7) is 10.7. The van der Waals surface area contributed by atoms with Crippen LogP contribution in [0.4, 0.5) is 0 Å². The van der Waals surface area contributed by atoms with E-state index in [1.54, 1.807) is 49.4 Å². The number of esters is 2. The van der Waals surface area contributed by atoms with Crippen molar-refractivity contribution in [3.63, 3.8) is 0 Å². The average molecular weight is 443 g/mol. The van der Waals surface area contributed by atoms with Gasteiger partial charge in [-0.3, -0.25) is 0 Å². The van der Waals surface area contributed by atoms with E-state index >= 15 is 0 Å². The van der Waals surface area contributed by atoms with Crippen molar-refractivity contribution in [2.24, 2.45) is 0 Å². The topological polar surface area (TPSA) is 63.6 Å². The van der Waals surface area contributed by atoms with Crippen molar-refractivity contribution in [3.05, 3.63) is 88.5 Å². The van der Waals surface area contributed by atoms with Gasteiger partial charge >= 0.3 is 11.9 Å². The summed E-state index contributed by atoms with van der Waals surface area (Å²) in [7, 11) is 0. The van der Waals surface area contributed by atoms with Crippen LogP contribution < -0.4 is 0 Å². The molecule has 0 radical (unpaired) electrons. The van der Waals surface area contributed by atoms with Crippen LogP contribution in [0.1, 0.15) is 77.9 Å². The Balaban J connectivity index is 1.66. The Morgan fingerprint density at radius 1 is 0.818 bits per heavy atom. The van der Waals surface area contributed by atoms with Crippen molar-refractivity contribution in [1.82, 2.24) is 0 Å². The van der Waals surface area contributed by atoms with E-state index in [-0.39, 0.29) is 16.6 Å². The lowest BCUT2D eigenvalue weighted by Crippen LogP contribution is -2.33. The third kappa shape index (κ3) is 4.30. The summed E-state index contributed by atoms with van der Waals surface area (Å²) in [4.78, 5) is 24.9. The van der Waals surface area contributed by atoms with E-state index in [2.05, 4.69) is 33.8 Å². The first-order valence-electron chi connectivity index (χ1n) is 11.3. The van der Waals surface area contributed by atoms with E-state index in [1.807, 2.05) is 12.1 Å². The molecule has 0 fully saturated rings. The van der Waals surface area contributed by atoms with Crippen molar-refractivity contribution in [3.8, 4) is 16.9 Å². The first kappa shape index (κ1) is 22.8. The number of phenols is 1. The molecule has 4 nitrogen and oxygen atoms in total. The molecule has 170 valence electrons. The summed E-state index contributed by atoms with van der Waals surface area (Å²) in [5, 5.41) is 10.9. The van der Waals surface area contributed by atoms with E-state index in [9.17, 15) is 14.7 Å². The van der Waals surface area contributed by atoms with E-state index in [4.69, 9.17) is 4.74 Å². The first-order valence-corrected chi connectivity index (χ1v) is 11.3. The summed E-state index contributed by atoms with van der Waals surface area (Å²) in [5.41, 5.74) is 5.35. The highest BCUT2D eigenvalue weighted by Gasteiger charge is 2.37. The molecule has 4 heteroatoms. The minimum atomic E-state index is -0.689. The molecule has 0 atom stereocenters. The fraction of sp³-hybridized carbons (Fsp3) is 0.310. The molecular formula is C29H30O4. The number of phenolic OH excluding ortho intramolecular Hbond substituents is 1. The number of carbonyl (C=O) groups is 2. The average Bonchev–Trinajstić information content (AvgIpc) is 2.77. The third-order valence-electron chi connectivity index (χ3n) is 6.92. The monoisotopic (exact) mass is 442 g/mol. The Labute approximate surface area is 195 Å². The minimum absolute atomic E-state index is 0.00961. The van der Waals surface area contributed by atoms with Gasteiger partial charge in [-0.1, -0.05) is 58.0 Å². The predicted molar refractivity (Wildman–Crippen MR) is 130 cm³/mol. The van der Waals surface area contributed by atoms with Crippen LogP contribution in [-0.4, -0.2) is 17.0 Å². The third-order valence-corrected chi connectivity index (χ3v) is 6.92. The molecule has 0 amide bonds. The van der Waals surface area contributed by atoms with Crippen LogP contribution in [0.25, 0.3) is 11.1 Å². The highest BCUT2D eigenvalue weighted by molar-refractivity contribution is 6.03. The fourth-order valence-electron chi connectivity index (χ4n) is 4.67. The fourth-order valence-corrected chi connectivity index (χ4v) is 4.67. The summed E-state index contributed by atoms with van der Waals surface area (Å²) in [6.07, 6.45) is 2.15. The zero-order chi connectivity index (χ0) is 24.0. The van der Waals surface area contributed by atoms with Crippen LogP contribution in [0, 0.1) is 6.92 Å². The maximum Gasteiger partial charge on any atom is 0.346 e. The molecule has 1 aliphatic carbocycles. The van der Waals surface area contributed by atoms with Crippen molar-refractivity contribution < 1.29 is 19.4 Å². The lowest BCUT2D eigenvalue weighted by Gasteiger charge is -2.42. The van der Waals surface area contributed by atoms with Gasteiger partial charge in [0.1, 0.15) is 5.75 Å². The number of fused-ring (bicyclic) bond motifs is 1. The van der Waals surface area contributed by atoms with Crippen molar-refractivity contribution in [2.45, 2.75) is 58.3 Å². The summed E-state index contributed by atoms with van der Waals surface area (Å²) < 4.78 is 5.07. The Morgan fingerprint density at radius 2 is 1.42 bits per heavy atom. The van der Waals surface area contributed by atoms with E-state index in [1.165, 1.54) is 11.1 Å². The van der Waals surface area contributed by atoms with Crippen molar-refractivity contribution >= 4 is 11.9 Å². The number of benzene rings is 3. The molecule has 0 aromatic heterocycles. The van der Waals surface area contributed by atoms with Gasteiger partial charge in [0.2, 0.25) is 0 Å². The molecule has 4 rings (SSSR count). The van der Waals surface area contributed by atoms with E-state index in [0.717, 1.165) is 24.0 Å². The molecule has 3 aromatic rings. The molecule has 0 unspecified atom stereocenters. The van der Waals surface area contributed by atoms with Gasteiger partial charge in [0.25, 0.3) is 0 Å². The van der Waals surface area contributed by atoms with Crippen LogP contribution in [-0.2, 0) is 15.6 Å². The normalized spacial score (nSPS) is 16.0. The molecule has 0 saturated heterocycles. The van der Waals surface area contributed by atoms with Gasteiger partial charge in [0, 0.05) is 5.56 Å². The van der Waals surface area contributed by atoms with Crippen molar-refractivity contribution in [2.75, 3.05) is 0 Å². The molecule has 33 heavy (non-hydrogen) atoms. The molecule has 1 aliphatic rings. The van der Waals surface area contributed by atoms with E-state index < -0.39 is 11.9 Å². The summed E-state index contributed by atoms with van der Waals surface area (Å²) in [6, 6.07) is 17.7. The molecule has 0 spiro atoms. The van der Waals surface area contributed by atoms with Crippen LogP contribution in [0.3, 0.4) is 0 Å². The van der Waals surface area contributed by atoms with Crippen LogP contribution in [0.2, 0.25) is 0 Å². The van der Waals surface area contributed by atoms with Crippen molar-refractivity contribution in [1.29, 1.82) is 0 Å². The number of carbonyl (C=O) groups excluding carboxylic acids is 2. The second-order valence-corrected chi connectivity index (χ2v) is 10.3. The number of rotatable bonds is 3. The van der Waals surface area contributed by atoms with Gasteiger partial charge in [-0.15, -0.1) is 0 Å². The van der Waals surface area contributed by atoms with Gasteiger partial charge in [-0.2, -0.15) is 0 Å². The molecule has 0 heterocycles. The smallest absolute Gasteiger partial charge is 0.346 e. The Morgan fingerprint density at radius 3 is 2.03 bits per heavy atom. The molecule has 0 aliphatic heterocycles. The molecule has 3 aromatic carbocycles. The maximum absolute atomic E-state index is 12.6. The SMILES string of the molecule is Cc1cc(-c2cc3c(cc2O)C(C)(C)CCC3(C)C)ccc1C(=O)OC(=O)c1ccccc1. The predicted octanol–water partition coefficient (Wildman–Crippen LogP) is 6.71. The van der Waals surface area contributed by atoms with Gasteiger partial charge in [-0.05, 0) is 83.2 Å². The molecule has 0 saturated carbocycles. The summed E-state index contributed by atoms with van der Waals surface area (Å²) >= 11 is 0. The number of hydrogen-bond donors (Lipinski definition) is 1. The minimum Gasteiger partial charge on any atom is -0.507 e. The lowest BCUT2D eigenvalue weighted by molar-refractivity contribution is 0.0397. The van der Waals surface area contributed by atoms with E-state index in [0.29, 0.717) is 16.7 Å². The molecule has 0 bridgehead atoms. The lowest BCUT2D eigenvalue weighted by atomic mass is 9.62. The Hall–Kier alpha value is -3.40. The quantitative estimate of drug-likeness (QED) is 0.361. The second kappa shape index (κ2) is 8.18. The van der Waals surface area contributed by atoms with Crippen LogP contribution in [0.5, 0.6) is 5.75 Å². The first-order chi connectivity index (χ1) is 15.5. The summed E-state index contributed by atoms with van der Waals surface area (Å²) in [5.74, 6) is -1.14. The highest BCUT2D eigenvalue weighted by atomic mass is 16.6. The number of aryl methyl sites for hydroxylation is 1. The van der Waals surface area contributed by atoms with Gasteiger partial charge < -0.3 is 9.84 Å². The highest BCUT2D eigenvalue weighted by Crippen LogP contribution is 2.49. The molecule has 1 N–H and O–H groups in total. The Kier molecular flexibility index (Phi) is 5.65. The molecular weight excluding hydrogens is 412 g/mol. The number of aromatic hydroxyl groups is 1. The zero-order valence-corrected chi connectivity index (χ0v) is 19.9. The van der Waals surface area contributed by atoms with Crippen LogP contribution in [0.15, 0.2) is 60.7 Å². The van der Waals surface area contributed by atoms with Gasteiger partial charge in [0.05, 0.1) is 11.1 Å².